The molecule has 1 amide bonds. The minimum Gasteiger partial charge on any atom is -0.438 e. The smallest absolute Gasteiger partial charge is 0.251 e. The molecule has 1 saturated carbocycles. The molecule has 124 valence electrons. The number of nitrogens with zero attached hydrogens (tertiary/aromatic N) is 2. The van der Waals surface area contributed by atoms with E-state index in [1.54, 1.807) is 6.07 Å². The lowest BCUT2D eigenvalue weighted by atomic mass is 10.1. The van der Waals surface area contributed by atoms with Crippen LogP contribution in [0.2, 0.25) is 0 Å². The Labute approximate surface area is 145 Å². The molecule has 0 radical (unpaired) electrons. The highest BCUT2D eigenvalue weighted by atomic mass is 16.5. The van der Waals surface area contributed by atoms with Gasteiger partial charge in [0.2, 0.25) is 5.88 Å². The summed E-state index contributed by atoms with van der Waals surface area (Å²) in [6.07, 6.45) is 2.14. The Morgan fingerprint density at radius 2 is 1.80 bits per heavy atom. The molecule has 1 aromatic heterocycles. The predicted octanol–water partition coefficient (Wildman–Crippen LogP) is 3.83. The number of nitrogens with one attached hydrogen (secondary N) is 1. The zero-order valence-corrected chi connectivity index (χ0v) is 13.6. The number of hydrogen-bond donors (Lipinski definition) is 1. The fourth-order valence-electron chi connectivity index (χ4n) is 2.45. The van der Waals surface area contributed by atoms with Crippen LogP contribution in [0, 0.1) is 0 Å². The van der Waals surface area contributed by atoms with Crippen LogP contribution in [0.5, 0.6) is 11.6 Å². The molecule has 0 bridgehead atoms. The van der Waals surface area contributed by atoms with Gasteiger partial charge in [0.05, 0.1) is 5.69 Å². The van der Waals surface area contributed by atoms with E-state index in [0.29, 0.717) is 28.9 Å². The van der Waals surface area contributed by atoms with E-state index in [4.69, 9.17) is 4.74 Å². The number of rotatable bonds is 5. The summed E-state index contributed by atoms with van der Waals surface area (Å²) < 4.78 is 5.64. The highest BCUT2D eigenvalue weighted by molar-refractivity contribution is 5.95. The van der Waals surface area contributed by atoms with Gasteiger partial charge in [0.1, 0.15) is 5.75 Å². The van der Waals surface area contributed by atoms with E-state index in [1.165, 1.54) is 0 Å². The van der Waals surface area contributed by atoms with Crippen molar-refractivity contribution in [3.05, 3.63) is 72.3 Å². The lowest BCUT2D eigenvalue weighted by Crippen LogP contribution is -2.25. The lowest BCUT2D eigenvalue weighted by Gasteiger charge is -2.07. The number of hydrogen-bond acceptors (Lipinski definition) is 4. The SMILES string of the molecule is O=C(NC1CC1)c1cccc(-c2ccc(Oc3ccccc3)nn2)c1. The molecule has 1 fully saturated rings. The molecule has 5 heteroatoms. The van der Waals surface area contributed by atoms with Crippen LogP contribution in [0.15, 0.2) is 66.7 Å². The van der Waals surface area contributed by atoms with Crippen molar-refractivity contribution in [1.29, 1.82) is 0 Å². The van der Waals surface area contributed by atoms with Crippen LogP contribution >= 0.6 is 0 Å². The van der Waals surface area contributed by atoms with E-state index in [1.807, 2.05) is 60.7 Å². The number of ether oxygens (including phenoxy) is 1. The van der Waals surface area contributed by atoms with E-state index in [0.717, 1.165) is 18.4 Å². The Balaban J connectivity index is 1.50. The number of para-hydroxylation sites is 1. The second-order valence-electron chi connectivity index (χ2n) is 6.00. The molecule has 1 aliphatic rings. The first-order valence-corrected chi connectivity index (χ1v) is 8.26. The third-order valence-electron chi connectivity index (χ3n) is 3.94. The molecule has 4 rings (SSSR count). The molecule has 0 spiro atoms. The van der Waals surface area contributed by atoms with Gasteiger partial charge in [-0.05, 0) is 43.2 Å². The minimum absolute atomic E-state index is 0.0404. The van der Waals surface area contributed by atoms with E-state index in [9.17, 15) is 4.79 Å². The fourth-order valence-corrected chi connectivity index (χ4v) is 2.45. The quantitative estimate of drug-likeness (QED) is 0.772. The molecular formula is C20H17N3O2. The van der Waals surface area contributed by atoms with Crippen molar-refractivity contribution in [3.63, 3.8) is 0 Å². The maximum atomic E-state index is 12.2. The zero-order valence-electron chi connectivity index (χ0n) is 13.6. The Hall–Kier alpha value is -3.21. The molecule has 0 unspecified atom stereocenters. The Bertz CT molecular complexity index is 875. The summed E-state index contributed by atoms with van der Waals surface area (Å²) in [5.74, 6) is 1.10. The average molecular weight is 331 g/mol. The average Bonchev–Trinajstić information content (AvgIpc) is 3.47. The fraction of sp³-hybridized carbons (Fsp3) is 0.150. The zero-order chi connectivity index (χ0) is 17.1. The number of amides is 1. The molecular weight excluding hydrogens is 314 g/mol. The highest BCUT2D eigenvalue weighted by Gasteiger charge is 2.23. The number of carbonyl (C=O) groups excluding carboxylic acids is 1. The number of benzene rings is 2. The van der Waals surface area contributed by atoms with Crippen molar-refractivity contribution < 1.29 is 9.53 Å². The van der Waals surface area contributed by atoms with Crippen molar-refractivity contribution in [2.24, 2.45) is 0 Å². The topological polar surface area (TPSA) is 64.1 Å². The molecule has 25 heavy (non-hydrogen) atoms. The van der Waals surface area contributed by atoms with Crippen LogP contribution in [0.25, 0.3) is 11.3 Å². The summed E-state index contributed by atoms with van der Waals surface area (Å²) in [4.78, 5) is 12.2. The van der Waals surface area contributed by atoms with Gasteiger partial charge in [-0.1, -0.05) is 30.3 Å². The first-order valence-electron chi connectivity index (χ1n) is 8.26. The Kier molecular flexibility index (Phi) is 4.12. The van der Waals surface area contributed by atoms with Crippen LogP contribution in [0.1, 0.15) is 23.2 Å². The van der Waals surface area contributed by atoms with E-state index < -0.39 is 0 Å². The van der Waals surface area contributed by atoms with Crippen LogP contribution in [-0.4, -0.2) is 22.1 Å². The van der Waals surface area contributed by atoms with Crippen LogP contribution in [-0.2, 0) is 0 Å². The first kappa shape index (κ1) is 15.3. The molecule has 2 aromatic carbocycles. The monoisotopic (exact) mass is 331 g/mol. The van der Waals surface area contributed by atoms with Crippen molar-refractivity contribution in [3.8, 4) is 22.9 Å². The standard InChI is InChI=1S/C20H17N3O2/c24-20(21-16-9-10-16)15-6-4-5-14(13-15)18-11-12-19(23-22-18)25-17-7-2-1-3-8-17/h1-8,11-13,16H,9-10H2,(H,21,24). The first-order chi connectivity index (χ1) is 12.3. The second kappa shape index (κ2) is 6.73. The van der Waals surface area contributed by atoms with Crippen molar-refractivity contribution in [1.82, 2.24) is 15.5 Å². The van der Waals surface area contributed by atoms with Gasteiger partial charge in [-0.3, -0.25) is 4.79 Å². The summed E-state index contributed by atoms with van der Waals surface area (Å²) in [5, 5.41) is 11.3. The van der Waals surface area contributed by atoms with Gasteiger partial charge >= 0.3 is 0 Å². The number of aromatic nitrogens is 2. The lowest BCUT2D eigenvalue weighted by molar-refractivity contribution is 0.0951. The van der Waals surface area contributed by atoms with Crippen LogP contribution in [0.3, 0.4) is 0 Å². The van der Waals surface area contributed by atoms with Gasteiger partial charge in [-0.25, -0.2) is 0 Å². The van der Waals surface area contributed by atoms with Gasteiger partial charge in [0.15, 0.2) is 0 Å². The van der Waals surface area contributed by atoms with Crippen LogP contribution in [0.4, 0.5) is 0 Å². The highest BCUT2D eigenvalue weighted by Crippen LogP contribution is 2.23. The molecule has 0 atom stereocenters. The summed E-state index contributed by atoms with van der Waals surface area (Å²) in [6, 6.07) is 20.8. The summed E-state index contributed by atoms with van der Waals surface area (Å²) in [7, 11) is 0. The van der Waals surface area contributed by atoms with Gasteiger partial charge < -0.3 is 10.1 Å². The van der Waals surface area contributed by atoms with Gasteiger partial charge in [-0.2, -0.15) is 0 Å². The Morgan fingerprint density at radius 1 is 0.960 bits per heavy atom. The maximum absolute atomic E-state index is 12.2. The second-order valence-corrected chi connectivity index (χ2v) is 6.00. The molecule has 0 saturated heterocycles. The van der Waals surface area contributed by atoms with E-state index in [-0.39, 0.29) is 5.91 Å². The minimum atomic E-state index is -0.0404. The molecule has 3 aromatic rings. The van der Waals surface area contributed by atoms with Crippen molar-refractivity contribution >= 4 is 5.91 Å². The summed E-state index contributed by atoms with van der Waals surface area (Å²) >= 11 is 0. The van der Waals surface area contributed by atoms with Gasteiger partial charge in [-0.15, -0.1) is 10.2 Å². The number of carbonyl (C=O) groups is 1. The van der Waals surface area contributed by atoms with E-state index >= 15 is 0 Å². The van der Waals surface area contributed by atoms with Crippen molar-refractivity contribution in [2.75, 3.05) is 0 Å². The molecule has 1 N–H and O–H groups in total. The largest absolute Gasteiger partial charge is 0.438 e. The third kappa shape index (κ3) is 3.83. The molecule has 5 nitrogen and oxygen atoms in total. The molecule has 0 aliphatic heterocycles. The maximum Gasteiger partial charge on any atom is 0.251 e. The third-order valence-corrected chi connectivity index (χ3v) is 3.94. The Morgan fingerprint density at radius 3 is 2.52 bits per heavy atom. The summed E-state index contributed by atoms with van der Waals surface area (Å²) in [6.45, 7) is 0. The summed E-state index contributed by atoms with van der Waals surface area (Å²) in [5.41, 5.74) is 2.18. The van der Waals surface area contributed by atoms with E-state index in [2.05, 4.69) is 15.5 Å². The van der Waals surface area contributed by atoms with Gasteiger partial charge in [0.25, 0.3) is 5.91 Å². The normalized spacial score (nSPS) is 13.3. The van der Waals surface area contributed by atoms with Crippen LogP contribution < -0.4 is 10.1 Å². The molecule has 1 heterocycles. The van der Waals surface area contributed by atoms with Crippen molar-refractivity contribution in [2.45, 2.75) is 18.9 Å². The van der Waals surface area contributed by atoms with Gasteiger partial charge in [0, 0.05) is 23.2 Å². The molecule has 1 aliphatic carbocycles. The predicted molar refractivity (Wildman–Crippen MR) is 94.5 cm³/mol.